The third-order valence-corrected chi connectivity index (χ3v) is 5.78. The van der Waals surface area contributed by atoms with Gasteiger partial charge in [0.15, 0.2) is 11.3 Å². The summed E-state index contributed by atoms with van der Waals surface area (Å²) in [6.07, 6.45) is -4.59. The minimum Gasteiger partial charge on any atom is -0.319 e. The van der Waals surface area contributed by atoms with E-state index < -0.39 is 17.6 Å². The van der Waals surface area contributed by atoms with Crippen LogP contribution in [0.1, 0.15) is 47.2 Å². The van der Waals surface area contributed by atoms with E-state index in [9.17, 15) is 18.0 Å². The van der Waals surface area contributed by atoms with Gasteiger partial charge in [-0.15, -0.1) is 10.2 Å². The van der Waals surface area contributed by atoms with Crippen molar-refractivity contribution < 1.29 is 18.0 Å². The number of amides is 1. The van der Waals surface area contributed by atoms with Crippen LogP contribution in [0.3, 0.4) is 0 Å². The van der Waals surface area contributed by atoms with E-state index in [-0.39, 0.29) is 22.3 Å². The summed E-state index contributed by atoms with van der Waals surface area (Å²) in [5, 5.41) is 15.8. The second-order valence-electron chi connectivity index (χ2n) is 7.94. The number of anilines is 1. The van der Waals surface area contributed by atoms with E-state index in [2.05, 4.69) is 20.6 Å². The van der Waals surface area contributed by atoms with Gasteiger partial charge in [-0.2, -0.15) is 18.3 Å². The predicted octanol–water partition coefficient (Wildman–Crippen LogP) is 6.80. The smallest absolute Gasteiger partial charge is 0.319 e. The number of nitrogens with one attached hydrogen (secondary N) is 1. The summed E-state index contributed by atoms with van der Waals surface area (Å²) in [6, 6.07) is 9.91. The molecule has 6 nitrogen and oxygen atoms in total. The van der Waals surface area contributed by atoms with Crippen LogP contribution >= 0.6 is 23.2 Å². The fourth-order valence-corrected chi connectivity index (χ4v) is 3.89. The minimum absolute atomic E-state index is 0.0243. The molecule has 0 atom stereocenters. The fraction of sp³-hybridized carbons (Fsp3) is 0.217. The quantitative estimate of drug-likeness (QED) is 0.329. The molecule has 1 N–H and O–H groups in total. The lowest BCUT2D eigenvalue weighted by Crippen LogP contribution is -2.19. The summed E-state index contributed by atoms with van der Waals surface area (Å²) in [5.41, 5.74) is 1.83. The molecule has 2 aromatic carbocycles. The van der Waals surface area contributed by atoms with Gasteiger partial charge in [-0.05, 0) is 48.7 Å². The van der Waals surface area contributed by atoms with E-state index in [1.54, 1.807) is 19.1 Å². The maximum absolute atomic E-state index is 13.1. The number of benzene rings is 2. The number of nitrogens with zero attached hydrogens (tertiary/aromatic N) is 4. The van der Waals surface area contributed by atoms with Gasteiger partial charge in [-0.3, -0.25) is 4.79 Å². The van der Waals surface area contributed by atoms with Gasteiger partial charge >= 0.3 is 6.18 Å². The van der Waals surface area contributed by atoms with Gasteiger partial charge in [0.2, 0.25) is 0 Å². The first-order chi connectivity index (χ1) is 16.0. The molecule has 0 aliphatic carbocycles. The third-order valence-electron chi connectivity index (χ3n) is 5.21. The van der Waals surface area contributed by atoms with E-state index in [1.165, 1.54) is 4.52 Å². The zero-order chi connectivity index (χ0) is 24.8. The van der Waals surface area contributed by atoms with Crippen molar-refractivity contribution in [1.82, 2.24) is 19.8 Å². The van der Waals surface area contributed by atoms with Gasteiger partial charge in [-0.1, -0.05) is 49.2 Å². The fourth-order valence-electron chi connectivity index (χ4n) is 3.54. The molecule has 4 rings (SSSR count). The van der Waals surface area contributed by atoms with E-state index in [0.29, 0.717) is 16.4 Å². The molecule has 0 aliphatic heterocycles. The minimum atomic E-state index is -4.59. The largest absolute Gasteiger partial charge is 0.416 e. The van der Waals surface area contributed by atoms with Crippen molar-refractivity contribution in [2.24, 2.45) is 0 Å². The Morgan fingerprint density at radius 1 is 1.09 bits per heavy atom. The van der Waals surface area contributed by atoms with Crippen LogP contribution in [0.4, 0.5) is 18.9 Å². The normalized spacial score (nSPS) is 11.9. The molecule has 0 bridgehead atoms. The maximum atomic E-state index is 13.1. The average Bonchev–Trinajstić information content (AvgIpc) is 3.15. The highest BCUT2D eigenvalue weighted by atomic mass is 35.5. The molecule has 4 aromatic rings. The Morgan fingerprint density at radius 3 is 2.47 bits per heavy atom. The molecule has 1 amide bonds. The predicted molar refractivity (Wildman–Crippen MR) is 124 cm³/mol. The second kappa shape index (κ2) is 8.88. The molecule has 11 heteroatoms. The number of hydrogen-bond donors (Lipinski definition) is 1. The Balaban J connectivity index is 1.79. The molecule has 0 spiro atoms. The summed E-state index contributed by atoms with van der Waals surface area (Å²) >= 11 is 12.2. The van der Waals surface area contributed by atoms with Gasteiger partial charge < -0.3 is 5.32 Å². The Kier molecular flexibility index (Phi) is 6.26. The molecule has 2 aromatic heterocycles. The molecular weight excluding hydrogens is 490 g/mol. The van der Waals surface area contributed by atoms with Crippen LogP contribution < -0.4 is 5.32 Å². The molecule has 2 heterocycles. The molecule has 0 unspecified atom stereocenters. The molecule has 34 heavy (non-hydrogen) atoms. The van der Waals surface area contributed by atoms with Crippen LogP contribution in [-0.2, 0) is 6.18 Å². The molecule has 0 saturated carbocycles. The highest BCUT2D eigenvalue weighted by Crippen LogP contribution is 2.35. The lowest BCUT2D eigenvalue weighted by Gasteiger charge is -2.12. The summed E-state index contributed by atoms with van der Waals surface area (Å²) in [6.45, 7) is 5.58. The number of hydrogen-bond acceptors (Lipinski definition) is 4. The van der Waals surface area contributed by atoms with Crippen LogP contribution in [0.25, 0.3) is 16.8 Å². The van der Waals surface area contributed by atoms with Crippen LogP contribution in [0.2, 0.25) is 10.0 Å². The number of alkyl halides is 3. The van der Waals surface area contributed by atoms with Crippen molar-refractivity contribution in [3.63, 3.8) is 0 Å². The number of rotatable bonds is 4. The Bertz CT molecular complexity index is 1420. The zero-order valence-electron chi connectivity index (χ0n) is 18.2. The zero-order valence-corrected chi connectivity index (χ0v) is 19.7. The molecule has 0 fully saturated rings. The lowest BCUT2D eigenvalue weighted by atomic mass is 9.99. The lowest BCUT2D eigenvalue weighted by molar-refractivity contribution is -0.137. The highest BCUT2D eigenvalue weighted by Gasteiger charge is 2.31. The Hall–Kier alpha value is -3.17. The molecular formula is C23H18Cl2F3N5O. The summed E-state index contributed by atoms with van der Waals surface area (Å²) in [5.74, 6) is -0.740. The number of aromatic nitrogens is 4. The first kappa shape index (κ1) is 24.0. The van der Waals surface area contributed by atoms with E-state index >= 15 is 0 Å². The highest BCUT2D eigenvalue weighted by molar-refractivity contribution is 6.34. The number of halogens is 5. The first-order valence-corrected chi connectivity index (χ1v) is 10.9. The maximum Gasteiger partial charge on any atom is 0.416 e. The van der Waals surface area contributed by atoms with E-state index in [0.717, 1.165) is 35.0 Å². The third kappa shape index (κ3) is 4.45. The van der Waals surface area contributed by atoms with Crippen LogP contribution in [-0.4, -0.2) is 25.7 Å². The van der Waals surface area contributed by atoms with Crippen LogP contribution in [0, 0.1) is 6.92 Å². The topological polar surface area (TPSA) is 72.2 Å². The standard InChI is InChI=1S/C23H18Cl2F3N5O/c1-11(2)19-18(13-5-4-6-15(24)9-13)21-31-30-20(12(3)33(21)32-19)22(34)29-17-10-14(23(26,27)28)7-8-16(17)25/h4-11H,1-3H3,(H,29,34). The van der Waals surface area contributed by atoms with Crippen molar-refractivity contribution in [2.75, 3.05) is 5.32 Å². The van der Waals surface area contributed by atoms with Crippen molar-refractivity contribution in [3.8, 4) is 11.1 Å². The van der Waals surface area contributed by atoms with Gasteiger partial charge in [0.25, 0.3) is 5.91 Å². The molecule has 176 valence electrons. The van der Waals surface area contributed by atoms with Crippen LogP contribution in [0.15, 0.2) is 42.5 Å². The molecule has 0 saturated heterocycles. The van der Waals surface area contributed by atoms with Gasteiger partial charge in [0.1, 0.15) is 0 Å². The van der Waals surface area contributed by atoms with Crippen LogP contribution in [0.5, 0.6) is 0 Å². The average molecular weight is 508 g/mol. The van der Waals surface area contributed by atoms with Crippen molar-refractivity contribution in [2.45, 2.75) is 32.9 Å². The number of aryl methyl sites for hydroxylation is 1. The molecule has 0 aliphatic rings. The monoisotopic (exact) mass is 507 g/mol. The van der Waals surface area contributed by atoms with Crippen molar-refractivity contribution in [3.05, 3.63) is 75.2 Å². The first-order valence-electron chi connectivity index (χ1n) is 10.2. The SMILES string of the molecule is Cc1c(C(=O)Nc2cc(C(F)(F)F)ccc2Cl)nnc2c(-c3cccc(Cl)c3)c(C(C)C)nn12. The van der Waals surface area contributed by atoms with E-state index in [1.807, 2.05) is 26.0 Å². The van der Waals surface area contributed by atoms with Crippen molar-refractivity contribution >= 4 is 40.4 Å². The Morgan fingerprint density at radius 2 is 1.82 bits per heavy atom. The van der Waals surface area contributed by atoms with Gasteiger partial charge in [0.05, 0.1) is 33.2 Å². The van der Waals surface area contributed by atoms with Gasteiger partial charge in [-0.25, -0.2) is 4.52 Å². The van der Waals surface area contributed by atoms with Gasteiger partial charge in [0, 0.05) is 5.02 Å². The van der Waals surface area contributed by atoms with Crippen molar-refractivity contribution in [1.29, 1.82) is 0 Å². The summed E-state index contributed by atoms with van der Waals surface area (Å²) in [7, 11) is 0. The number of carbonyl (C=O) groups excluding carboxylic acids is 1. The number of carbonyl (C=O) groups is 1. The number of fused-ring (bicyclic) bond motifs is 1. The molecule has 0 radical (unpaired) electrons. The second-order valence-corrected chi connectivity index (χ2v) is 8.78. The summed E-state index contributed by atoms with van der Waals surface area (Å²) in [4.78, 5) is 12.9. The van der Waals surface area contributed by atoms with E-state index in [4.69, 9.17) is 23.2 Å². The summed E-state index contributed by atoms with van der Waals surface area (Å²) < 4.78 is 40.7. The Labute approximate surface area is 202 Å².